The Morgan fingerprint density at radius 2 is 2.23 bits per heavy atom. The number of nitrogens with zero attached hydrogens (tertiary/aromatic N) is 1. The number of ether oxygens (including phenoxy) is 1. The highest BCUT2D eigenvalue weighted by atomic mass is 32.1. The first-order valence-corrected chi connectivity index (χ1v) is 7.67. The molecule has 5 nitrogen and oxygen atoms in total. The molecular weight excluding hydrogens is 298 g/mol. The Morgan fingerprint density at radius 1 is 1.45 bits per heavy atom. The fraction of sp³-hybridized carbons (Fsp3) is 0.250. The van der Waals surface area contributed by atoms with Gasteiger partial charge in [0.2, 0.25) is 0 Å². The summed E-state index contributed by atoms with van der Waals surface area (Å²) in [7, 11) is 0. The summed E-state index contributed by atoms with van der Waals surface area (Å²) >= 11 is 1.58. The standard InChI is InChI=1S/C16H17N3O2S/c1-3-9-21-14-6-4-13(5-7-14)19-16(20)18-11-12(2)15-17-8-10-22-15/h1,4-8,10,12H,9,11H2,2H3,(H2,18,19,20). The second-order valence-electron chi connectivity index (χ2n) is 4.62. The predicted molar refractivity (Wildman–Crippen MR) is 88.3 cm³/mol. The normalized spacial score (nSPS) is 11.3. The lowest BCUT2D eigenvalue weighted by molar-refractivity contribution is 0.251. The predicted octanol–water partition coefficient (Wildman–Crippen LogP) is 3.08. The van der Waals surface area contributed by atoms with E-state index < -0.39 is 0 Å². The number of terminal acetylenes is 1. The van der Waals surface area contributed by atoms with E-state index in [0.717, 1.165) is 5.01 Å². The molecule has 1 atom stereocenters. The Kier molecular flexibility index (Phi) is 5.81. The van der Waals surface area contributed by atoms with Crippen molar-refractivity contribution in [3.8, 4) is 18.1 Å². The van der Waals surface area contributed by atoms with Gasteiger partial charge in [-0.2, -0.15) is 0 Å². The Labute approximate surface area is 133 Å². The van der Waals surface area contributed by atoms with Crippen LogP contribution in [0.2, 0.25) is 0 Å². The van der Waals surface area contributed by atoms with Crippen LogP contribution in [0.25, 0.3) is 0 Å². The van der Waals surface area contributed by atoms with E-state index in [0.29, 0.717) is 18.0 Å². The molecule has 1 aromatic carbocycles. The Balaban J connectivity index is 1.78. The first-order chi connectivity index (χ1) is 10.7. The van der Waals surface area contributed by atoms with Crippen LogP contribution in [-0.2, 0) is 0 Å². The summed E-state index contributed by atoms with van der Waals surface area (Å²) in [6.07, 6.45) is 6.89. The van der Waals surface area contributed by atoms with Gasteiger partial charge in [-0.3, -0.25) is 0 Å². The van der Waals surface area contributed by atoms with E-state index in [4.69, 9.17) is 11.2 Å². The molecule has 1 heterocycles. The largest absolute Gasteiger partial charge is 0.481 e. The summed E-state index contributed by atoms with van der Waals surface area (Å²) in [5.41, 5.74) is 0.687. The minimum absolute atomic E-state index is 0.185. The Hall–Kier alpha value is -2.52. The number of urea groups is 1. The highest BCUT2D eigenvalue weighted by Crippen LogP contribution is 2.17. The molecule has 2 rings (SSSR count). The lowest BCUT2D eigenvalue weighted by Crippen LogP contribution is -2.31. The number of nitrogens with one attached hydrogen (secondary N) is 2. The number of thiazole rings is 1. The number of aromatic nitrogens is 1. The lowest BCUT2D eigenvalue weighted by Gasteiger charge is -2.11. The highest BCUT2D eigenvalue weighted by Gasteiger charge is 2.10. The van der Waals surface area contributed by atoms with E-state index in [2.05, 4.69) is 21.5 Å². The van der Waals surface area contributed by atoms with E-state index >= 15 is 0 Å². The van der Waals surface area contributed by atoms with Crippen LogP contribution in [0.4, 0.5) is 10.5 Å². The van der Waals surface area contributed by atoms with E-state index in [1.807, 2.05) is 12.3 Å². The van der Waals surface area contributed by atoms with E-state index in [1.165, 1.54) is 0 Å². The maximum atomic E-state index is 11.8. The number of hydrogen-bond donors (Lipinski definition) is 2. The minimum atomic E-state index is -0.249. The summed E-state index contributed by atoms with van der Waals surface area (Å²) < 4.78 is 5.27. The molecule has 114 valence electrons. The third kappa shape index (κ3) is 4.79. The molecule has 0 aliphatic rings. The molecule has 2 N–H and O–H groups in total. The zero-order valence-corrected chi connectivity index (χ0v) is 13.0. The van der Waals surface area contributed by atoms with Gasteiger partial charge < -0.3 is 15.4 Å². The third-order valence-corrected chi connectivity index (χ3v) is 3.88. The first kappa shape index (κ1) is 15.9. The van der Waals surface area contributed by atoms with Crippen LogP contribution in [0.15, 0.2) is 35.8 Å². The van der Waals surface area contributed by atoms with Crippen LogP contribution in [-0.4, -0.2) is 24.2 Å². The van der Waals surface area contributed by atoms with Crippen molar-refractivity contribution < 1.29 is 9.53 Å². The molecule has 0 aliphatic heterocycles. The number of rotatable bonds is 6. The van der Waals surface area contributed by atoms with E-state index in [1.54, 1.807) is 41.8 Å². The number of carbonyl (C=O) groups is 1. The number of hydrogen-bond acceptors (Lipinski definition) is 4. The number of amides is 2. The first-order valence-electron chi connectivity index (χ1n) is 6.79. The van der Waals surface area contributed by atoms with Gasteiger partial charge in [0, 0.05) is 29.7 Å². The third-order valence-electron chi connectivity index (χ3n) is 2.88. The highest BCUT2D eigenvalue weighted by molar-refractivity contribution is 7.09. The molecule has 1 unspecified atom stereocenters. The molecule has 0 saturated heterocycles. The van der Waals surface area contributed by atoms with Crippen LogP contribution in [0, 0.1) is 12.3 Å². The summed E-state index contributed by atoms with van der Waals surface area (Å²) in [4.78, 5) is 16.1. The molecule has 1 aromatic heterocycles. The van der Waals surface area contributed by atoms with Crippen LogP contribution in [0.3, 0.4) is 0 Å². The molecule has 0 bridgehead atoms. The van der Waals surface area contributed by atoms with Crippen LogP contribution in [0.5, 0.6) is 5.75 Å². The average molecular weight is 315 g/mol. The molecule has 2 amide bonds. The van der Waals surface area contributed by atoms with Crippen molar-refractivity contribution in [3.63, 3.8) is 0 Å². The molecule has 0 aliphatic carbocycles. The fourth-order valence-corrected chi connectivity index (χ4v) is 2.44. The van der Waals surface area contributed by atoms with Gasteiger partial charge in [0.05, 0.1) is 5.01 Å². The van der Waals surface area contributed by atoms with Crippen molar-refractivity contribution in [2.45, 2.75) is 12.8 Å². The van der Waals surface area contributed by atoms with Crippen LogP contribution >= 0.6 is 11.3 Å². The molecule has 0 radical (unpaired) electrons. The summed E-state index contributed by atoms with van der Waals surface area (Å²) in [6, 6.07) is 6.78. The Bertz CT molecular complexity index is 632. The van der Waals surface area contributed by atoms with Crippen molar-refractivity contribution in [3.05, 3.63) is 40.8 Å². The van der Waals surface area contributed by atoms with E-state index in [9.17, 15) is 4.79 Å². The molecule has 6 heteroatoms. The summed E-state index contributed by atoms with van der Waals surface area (Å²) in [5.74, 6) is 3.25. The molecular formula is C16H17N3O2S. The van der Waals surface area contributed by atoms with Gasteiger partial charge in [0.25, 0.3) is 0 Å². The van der Waals surface area contributed by atoms with Gasteiger partial charge >= 0.3 is 6.03 Å². The van der Waals surface area contributed by atoms with Gasteiger partial charge in [0.1, 0.15) is 12.4 Å². The maximum Gasteiger partial charge on any atom is 0.319 e. The summed E-state index contributed by atoms with van der Waals surface area (Å²) in [6.45, 7) is 2.78. The molecule has 0 saturated carbocycles. The Morgan fingerprint density at radius 3 is 2.86 bits per heavy atom. The lowest BCUT2D eigenvalue weighted by atomic mass is 10.2. The zero-order valence-electron chi connectivity index (χ0n) is 12.2. The van der Waals surface area contributed by atoms with Crippen molar-refractivity contribution >= 4 is 23.1 Å². The van der Waals surface area contributed by atoms with Gasteiger partial charge in [-0.05, 0) is 24.3 Å². The molecule has 2 aromatic rings. The van der Waals surface area contributed by atoms with Crippen molar-refractivity contribution in [2.24, 2.45) is 0 Å². The SMILES string of the molecule is C#CCOc1ccc(NC(=O)NCC(C)c2nccs2)cc1. The minimum Gasteiger partial charge on any atom is -0.481 e. The van der Waals surface area contributed by atoms with Crippen molar-refractivity contribution in [1.29, 1.82) is 0 Å². The topological polar surface area (TPSA) is 63.2 Å². The zero-order chi connectivity index (χ0) is 15.8. The maximum absolute atomic E-state index is 11.8. The van der Waals surface area contributed by atoms with Gasteiger partial charge in [-0.15, -0.1) is 17.8 Å². The van der Waals surface area contributed by atoms with Crippen LogP contribution in [0.1, 0.15) is 17.8 Å². The van der Waals surface area contributed by atoms with E-state index in [-0.39, 0.29) is 18.6 Å². The molecule has 0 fully saturated rings. The second kappa shape index (κ2) is 8.05. The number of carbonyl (C=O) groups excluding carboxylic acids is 1. The fourth-order valence-electron chi connectivity index (χ4n) is 1.75. The summed E-state index contributed by atoms with van der Waals surface area (Å²) in [5, 5.41) is 8.53. The van der Waals surface area contributed by atoms with Crippen molar-refractivity contribution in [2.75, 3.05) is 18.5 Å². The molecule has 22 heavy (non-hydrogen) atoms. The quantitative estimate of drug-likeness (QED) is 0.805. The van der Waals surface area contributed by atoms with Gasteiger partial charge in [-0.25, -0.2) is 9.78 Å². The number of benzene rings is 1. The smallest absolute Gasteiger partial charge is 0.319 e. The second-order valence-corrected chi connectivity index (χ2v) is 5.55. The van der Waals surface area contributed by atoms with Crippen molar-refractivity contribution in [1.82, 2.24) is 10.3 Å². The van der Waals surface area contributed by atoms with Crippen LogP contribution < -0.4 is 15.4 Å². The van der Waals surface area contributed by atoms with Gasteiger partial charge in [-0.1, -0.05) is 12.8 Å². The average Bonchev–Trinajstić information content (AvgIpc) is 3.06. The molecule has 0 spiro atoms. The number of anilines is 1. The van der Waals surface area contributed by atoms with Gasteiger partial charge in [0.15, 0.2) is 0 Å². The monoisotopic (exact) mass is 315 g/mol.